The molecule has 5 heterocycles. The monoisotopic (exact) mass is 734 g/mol. The van der Waals surface area contributed by atoms with Gasteiger partial charge < -0.3 is 9.97 Å². The van der Waals surface area contributed by atoms with Crippen molar-refractivity contribution in [3.05, 3.63) is 107 Å². The van der Waals surface area contributed by atoms with Gasteiger partial charge >= 0.3 is 19.5 Å². The Kier molecular flexibility index (Phi) is 7.02. The molecule has 0 saturated carbocycles. The normalized spacial score (nSPS) is 13.8. The molecule has 2 aliphatic heterocycles. The average molecular weight is 736 g/mol. The molecule has 0 unspecified atom stereocenters. The molecular formula is C48H38N4Zn. The minimum absolute atomic E-state index is 0. The van der Waals surface area contributed by atoms with Gasteiger partial charge in [-0.25, -0.2) is 9.97 Å². The van der Waals surface area contributed by atoms with Gasteiger partial charge in [-0.15, -0.1) is 22.1 Å². The van der Waals surface area contributed by atoms with E-state index in [2.05, 4.69) is 114 Å². The number of hydrogen-bond donors (Lipinski definition) is 0. The largest absolute Gasteiger partial charge is 2.00 e. The molecule has 5 heteroatoms. The number of aryl methyl sites for hydroxylation is 2. The zero-order valence-electron chi connectivity index (χ0n) is 31.3. The van der Waals surface area contributed by atoms with Crippen LogP contribution in [0.25, 0.3) is 109 Å². The van der Waals surface area contributed by atoms with Crippen LogP contribution in [0.5, 0.6) is 0 Å². The van der Waals surface area contributed by atoms with Crippen molar-refractivity contribution >= 4 is 109 Å². The van der Waals surface area contributed by atoms with Crippen molar-refractivity contribution in [2.24, 2.45) is 0 Å². The van der Waals surface area contributed by atoms with Crippen LogP contribution < -0.4 is 9.97 Å². The van der Waals surface area contributed by atoms with Crippen molar-refractivity contribution in [3.8, 4) is 0 Å². The summed E-state index contributed by atoms with van der Waals surface area (Å²) in [6.07, 6.45) is 3.63. The number of rotatable bonds is 4. The standard InChI is InChI=1S/C48H38N4.Zn/c1-7-28-23(5)34-19-38-30(9-3)31(10-4)39(51-38)20-35-24(6)29(8-2)37(50-35)22-41-46-33-18-16-27-14-12-25-11-13-26-15-17-32(45(46)40(52-41)21-36(28)49-34)47-43(26)42(25)44(27)48(33)47;/h11-22H,7-10H2,1-6H3;/q-2;+2. The molecule has 0 aliphatic carbocycles. The van der Waals surface area contributed by atoms with E-state index < -0.39 is 0 Å². The molecule has 2 aliphatic rings. The summed E-state index contributed by atoms with van der Waals surface area (Å²) in [5, 5.41) is 15.7. The SMILES string of the molecule is CCC1=C(C)c2cc3nc(cc4[n-]c(cc5[n-]c(cc1n2)c1c2ccc6ccc7ccc8ccc(c51)c1c8c7c6c21)c(CC)c4C)C(CC)=C3CC.[Zn+2]. The average Bonchev–Trinajstić information content (AvgIpc) is 3.94. The van der Waals surface area contributed by atoms with Crippen LogP contribution in [0.3, 0.4) is 0 Å². The van der Waals surface area contributed by atoms with Crippen molar-refractivity contribution < 1.29 is 19.5 Å². The predicted molar refractivity (Wildman–Crippen MR) is 222 cm³/mol. The minimum atomic E-state index is 0. The maximum atomic E-state index is 5.57. The summed E-state index contributed by atoms with van der Waals surface area (Å²) < 4.78 is 0. The molecule has 3 aromatic heterocycles. The van der Waals surface area contributed by atoms with E-state index in [1.807, 2.05) is 0 Å². The van der Waals surface area contributed by atoms with Crippen molar-refractivity contribution in [2.45, 2.75) is 67.2 Å². The first-order valence-electron chi connectivity index (χ1n) is 19.0. The van der Waals surface area contributed by atoms with E-state index in [-0.39, 0.29) is 19.5 Å². The van der Waals surface area contributed by atoms with Gasteiger partial charge in [0.05, 0.1) is 22.8 Å². The summed E-state index contributed by atoms with van der Waals surface area (Å²) in [5.74, 6) is 0. The molecule has 4 nitrogen and oxygen atoms in total. The number of nitrogens with zero attached hydrogens (tertiary/aromatic N) is 4. The predicted octanol–water partition coefficient (Wildman–Crippen LogP) is 12.7. The summed E-state index contributed by atoms with van der Waals surface area (Å²) in [4.78, 5) is 21.6. The van der Waals surface area contributed by atoms with E-state index in [0.717, 1.165) is 70.5 Å². The Morgan fingerprint density at radius 2 is 0.887 bits per heavy atom. The van der Waals surface area contributed by atoms with Crippen molar-refractivity contribution in [2.75, 3.05) is 0 Å². The van der Waals surface area contributed by atoms with Gasteiger partial charge in [0.2, 0.25) is 0 Å². The Morgan fingerprint density at radius 1 is 0.434 bits per heavy atom. The van der Waals surface area contributed by atoms with Crippen LogP contribution in [0.4, 0.5) is 0 Å². The Labute approximate surface area is 320 Å². The molecule has 0 spiro atoms. The first-order chi connectivity index (χ1) is 25.4. The van der Waals surface area contributed by atoms with Gasteiger partial charge in [-0.05, 0) is 133 Å². The fourth-order valence-electron chi connectivity index (χ4n) is 10.0. The molecule has 0 radical (unpaired) electrons. The third-order valence-corrected chi connectivity index (χ3v) is 12.4. The van der Waals surface area contributed by atoms with Gasteiger partial charge in [0.1, 0.15) is 0 Å². The summed E-state index contributed by atoms with van der Waals surface area (Å²) in [6, 6.07) is 27.4. The van der Waals surface area contributed by atoms with E-state index in [0.29, 0.717) is 0 Å². The second-order valence-corrected chi connectivity index (χ2v) is 14.8. The second kappa shape index (κ2) is 11.4. The van der Waals surface area contributed by atoms with Crippen LogP contribution in [0.2, 0.25) is 0 Å². The fourth-order valence-corrected chi connectivity index (χ4v) is 10.0. The van der Waals surface area contributed by atoms with Gasteiger partial charge in [-0.1, -0.05) is 106 Å². The number of fused-ring (bicyclic) bond motifs is 13. The van der Waals surface area contributed by atoms with Gasteiger partial charge in [0.25, 0.3) is 0 Å². The molecule has 0 atom stereocenters. The maximum Gasteiger partial charge on any atom is 2.00 e. The Hall–Kier alpha value is -5.12. The van der Waals surface area contributed by atoms with Crippen LogP contribution in [-0.2, 0) is 25.9 Å². The minimum Gasteiger partial charge on any atom is -0.657 e. The second-order valence-electron chi connectivity index (χ2n) is 14.8. The molecule has 11 rings (SSSR count). The van der Waals surface area contributed by atoms with E-state index in [4.69, 9.17) is 19.9 Å². The van der Waals surface area contributed by atoms with Crippen LogP contribution in [0.15, 0.2) is 72.8 Å². The molecule has 252 valence electrons. The summed E-state index contributed by atoms with van der Waals surface area (Å²) in [7, 11) is 0. The maximum absolute atomic E-state index is 5.57. The van der Waals surface area contributed by atoms with Crippen molar-refractivity contribution in [1.82, 2.24) is 19.9 Å². The Balaban J connectivity index is 0.00000349. The summed E-state index contributed by atoms with van der Waals surface area (Å²) in [6.45, 7) is 13.4. The molecule has 6 aromatic carbocycles. The molecule has 0 saturated heterocycles. The van der Waals surface area contributed by atoms with Crippen LogP contribution >= 0.6 is 0 Å². The van der Waals surface area contributed by atoms with Crippen molar-refractivity contribution in [3.63, 3.8) is 0 Å². The molecule has 8 bridgehead atoms. The molecular weight excluding hydrogens is 698 g/mol. The quantitative estimate of drug-likeness (QED) is 0.133. The Morgan fingerprint density at radius 3 is 1.45 bits per heavy atom. The first-order valence-corrected chi connectivity index (χ1v) is 19.0. The fraction of sp³-hybridized carbons (Fsp3) is 0.208. The third kappa shape index (κ3) is 4.15. The van der Waals surface area contributed by atoms with Gasteiger partial charge in [0.15, 0.2) is 0 Å². The molecule has 9 aromatic rings. The number of hydrogen-bond acceptors (Lipinski definition) is 2. The van der Waals surface area contributed by atoms with Crippen LogP contribution in [0.1, 0.15) is 87.8 Å². The zero-order chi connectivity index (χ0) is 35.2. The van der Waals surface area contributed by atoms with E-state index in [1.165, 1.54) is 98.1 Å². The molecule has 53 heavy (non-hydrogen) atoms. The van der Waals surface area contributed by atoms with Crippen LogP contribution in [0, 0.1) is 6.92 Å². The molecule has 0 amide bonds. The third-order valence-electron chi connectivity index (χ3n) is 12.4. The van der Waals surface area contributed by atoms with E-state index in [9.17, 15) is 0 Å². The smallest absolute Gasteiger partial charge is 0.657 e. The topological polar surface area (TPSA) is 54.0 Å². The van der Waals surface area contributed by atoms with Crippen LogP contribution in [-0.4, -0.2) is 9.97 Å². The van der Waals surface area contributed by atoms with E-state index in [1.54, 1.807) is 0 Å². The van der Waals surface area contributed by atoms with Crippen molar-refractivity contribution in [1.29, 1.82) is 0 Å². The number of benzene rings is 5. The van der Waals surface area contributed by atoms with Gasteiger partial charge in [-0.3, -0.25) is 0 Å². The number of allylic oxidation sites excluding steroid dienone is 4. The summed E-state index contributed by atoms with van der Waals surface area (Å²) in [5.41, 5.74) is 15.6. The summed E-state index contributed by atoms with van der Waals surface area (Å²) >= 11 is 0. The molecule has 0 N–H and O–H groups in total. The zero-order valence-corrected chi connectivity index (χ0v) is 34.2. The Bertz CT molecular complexity index is 3240. The molecule has 0 fully saturated rings. The van der Waals surface area contributed by atoms with Gasteiger partial charge in [0, 0.05) is 0 Å². The number of aromatic nitrogens is 4. The van der Waals surface area contributed by atoms with E-state index >= 15 is 0 Å². The first kappa shape index (κ1) is 32.5. The van der Waals surface area contributed by atoms with Gasteiger partial charge in [-0.2, -0.15) is 0 Å².